The normalized spacial score (nSPS) is 19.5. The van der Waals surface area contributed by atoms with Crippen molar-refractivity contribution in [3.05, 3.63) is 40.2 Å². The van der Waals surface area contributed by atoms with Crippen molar-refractivity contribution in [2.75, 3.05) is 13.1 Å². The highest BCUT2D eigenvalue weighted by molar-refractivity contribution is 7.89. The summed E-state index contributed by atoms with van der Waals surface area (Å²) in [5, 5.41) is 3.24. The first kappa shape index (κ1) is 22.0. The lowest BCUT2D eigenvalue weighted by atomic mass is 9.95. The molecular weight excluding hydrogens is 414 g/mol. The molecule has 1 saturated heterocycles. The van der Waals surface area contributed by atoms with Gasteiger partial charge >= 0.3 is 0 Å². The van der Waals surface area contributed by atoms with Gasteiger partial charge in [-0.15, -0.1) is 0 Å². The van der Waals surface area contributed by atoms with E-state index in [2.05, 4.69) is 12.2 Å². The van der Waals surface area contributed by atoms with Crippen molar-refractivity contribution >= 4 is 26.8 Å². The van der Waals surface area contributed by atoms with Gasteiger partial charge in [0.25, 0.3) is 5.91 Å². The van der Waals surface area contributed by atoms with Crippen LogP contribution >= 0.6 is 0 Å². The average molecular weight is 446 g/mol. The predicted molar refractivity (Wildman–Crippen MR) is 121 cm³/mol. The molecule has 0 bridgehead atoms. The average Bonchev–Trinajstić information content (AvgIpc) is 2.77. The van der Waals surface area contributed by atoms with E-state index in [1.807, 2.05) is 0 Å². The summed E-state index contributed by atoms with van der Waals surface area (Å²) in [6, 6.07) is 4.73. The van der Waals surface area contributed by atoms with Crippen molar-refractivity contribution in [3.8, 4) is 0 Å². The topological polar surface area (TPSA) is 88.5 Å². The number of aryl methyl sites for hydroxylation is 1. The number of fused-ring (bicyclic) bond motifs is 1. The fourth-order valence-corrected chi connectivity index (χ4v) is 6.17. The van der Waals surface area contributed by atoms with Gasteiger partial charge in [0.1, 0.15) is 5.56 Å². The Hall–Kier alpha value is -2.19. The molecule has 0 radical (unpaired) electrons. The lowest BCUT2D eigenvalue weighted by Crippen LogP contribution is -2.39. The summed E-state index contributed by atoms with van der Waals surface area (Å²) in [5.74, 6) is 0.133. The number of nitrogens with one attached hydrogen (secondary N) is 1. The number of pyridine rings is 1. The van der Waals surface area contributed by atoms with Crippen LogP contribution in [0.5, 0.6) is 0 Å². The summed E-state index contributed by atoms with van der Waals surface area (Å²) in [6.45, 7) is 3.11. The van der Waals surface area contributed by atoms with Crippen LogP contribution in [-0.4, -0.2) is 42.3 Å². The maximum Gasteiger partial charge on any atom is 0.256 e. The maximum atomic E-state index is 13.2. The number of hydrogen-bond donors (Lipinski definition) is 1. The molecule has 1 aromatic carbocycles. The maximum absolute atomic E-state index is 13.2. The SMILES string of the molecule is CC1CCN(S(=O)(=O)c2ccc3c(c2)c(=O)c(C(=O)NC2CCCCC2)cn3C)CC1. The summed E-state index contributed by atoms with van der Waals surface area (Å²) in [6.07, 6.45) is 8.40. The van der Waals surface area contributed by atoms with Crippen molar-refractivity contribution in [2.24, 2.45) is 13.0 Å². The predicted octanol–water partition coefficient (Wildman–Crippen LogP) is 3.02. The van der Waals surface area contributed by atoms with E-state index < -0.39 is 15.5 Å². The monoisotopic (exact) mass is 445 g/mol. The Bertz CT molecular complexity index is 1140. The first-order valence-electron chi connectivity index (χ1n) is 11.2. The third kappa shape index (κ3) is 4.41. The van der Waals surface area contributed by atoms with Crippen molar-refractivity contribution in [2.45, 2.75) is 62.8 Å². The molecule has 4 rings (SSSR count). The number of benzene rings is 1. The molecule has 168 valence electrons. The molecule has 31 heavy (non-hydrogen) atoms. The molecular formula is C23H31N3O4S. The van der Waals surface area contributed by atoms with E-state index in [9.17, 15) is 18.0 Å². The second-order valence-electron chi connectivity index (χ2n) is 9.06. The van der Waals surface area contributed by atoms with Gasteiger partial charge in [0.15, 0.2) is 0 Å². The molecule has 1 aromatic heterocycles. The smallest absolute Gasteiger partial charge is 0.256 e. The minimum absolute atomic E-state index is 0.0573. The number of aromatic nitrogens is 1. The molecule has 2 fully saturated rings. The summed E-state index contributed by atoms with van der Waals surface area (Å²) in [7, 11) is -1.91. The number of nitrogens with zero attached hydrogens (tertiary/aromatic N) is 2. The van der Waals surface area contributed by atoms with Crippen LogP contribution in [0.1, 0.15) is 62.2 Å². The fraction of sp³-hybridized carbons (Fsp3) is 0.565. The highest BCUT2D eigenvalue weighted by Gasteiger charge is 2.29. The van der Waals surface area contributed by atoms with E-state index in [0.717, 1.165) is 38.5 Å². The second kappa shape index (κ2) is 8.74. The molecule has 2 heterocycles. The lowest BCUT2D eigenvalue weighted by molar-refractivity contribution is 0.0926. The summed E-state index contributed by atoms with van der Waals surface area (Å²) in [5.41, 5.74) is 0.234. The van der Waals surface area contributed by atoms with E-state index in [-0.39, 0.29) is 27.8 Å². The Labute approximate surface area is 183 Å². The van der Waals surface area contributed by atoms with Crippen LogP contribution in [0.3, 0.4) is 0 Å². The van der Waals surface area contributed by atoms with Crippen molar-refractivity contribution in [3.63, 3.8) is 0 Å². The Morgan fingerprint density at radius 3 is 2.42 bits per heavy atom. The molecule has 1 aliphatic heterocycles. The van der Waals surface area contributed by atoms with Gasteiger partial charge in [-0.25, -0.2) is 8.42 Å². The van der Waals surface area contributed by atoms with E-state index in [1.165, 1.54) is 16.8 Å². The first-order valence-corrected chi connectivity index (χ1v) is 12.7. The summed E-state index contributed by atoms with van der Waals surface area (Å²) in [4.78, 5) is 26.1. The number of piperidine rings is 1. The van der Waals surface area contributed by atoms with Crippen LogP contribution in [0.15, 0.2) is 34.1 Å². The molecule has 2 aromatic rings. The molecule has 2 aliphatic rings. The largest absolute Gasteiger partial charge is 0.350 e. The van der Waals surface area contributed by atoms with Gasteiger partial charge in [0, 0.05) is 37.8 Å². The number of rotatable bonds is 4. The van der Waals surface area contributed by atoms with Crippen LogP contribution in [0, 0.1) is 5.92 Å². The summed E-state index contributed by atoms with van der Waals surface area (Å²) >= 11 is 0. The van der Waals surface area contributed by atoms with Crippen LogP contribution in [0.25, 0.3) is 10.9 Å². The second-order valence-corrected chi connectivity index (χ2v) is 11.0. The molecule has 7 nitrogen and oxygen atoms in total. The molecule has 1 N–H and O–H groups in total. The Morgan fingerprint density at radius 1 is 1.06 bits per heavy atom. The molecule has 1 aliphatic carbocycles. The Kier molecular flexibility index (Phi) is 6.21. The molecule has 0 atom stereocenters. The van der Waals surface area contributed by atoms with Gasteiger partial charge in [0.2, 0.25) is 15.5 Å². The van der Waals surface area contributed by atoms with Gasteiger partial charge < -0.3 is 9.88 Å². The zero-order chi connectivity index (χ0) is 22.2. The molecule has 8 heteroatoms. The van der Waals surface area contributed by atoms with Gasteiger partial charge in [-0.1, -0.05) is 26.2 Å². The van der Waals surface area contributed by atoms with Crippen molar-refractivity contribution in [1.82, 2.24) is 14.2 Å². The number of hydrogen-bond acceptors (Lipinski definition) is 4. The minimum atomic E-state index is -3.68. The third-order valence-electron chi connectivity index (χ3n) is 6.73. The minimum Gasteiger partial charge on any atom is -0.350 e. The van der Waals surface area contributed by atoms with Gasteiger partial charge in [-0.2, -0.15) is 4.31 Å². The van der Waals surface area contributed by atoms with Crippen LogP contribution in [0.4, 0.5) is 0 Å². The first-order chi connectivity index (χ1) is 14.8. The highest BCUT2D eigenvalue weighted by atomic mass is 32.2. The lowest BCUT2D eigenvalue weighted by Gasteiger charge is -2.29. The van der Waals surface area contributed by atoms with E-state index in [4.69, 9.17) is 0 Å². The van der Waals surface area contributed by atoms with E-state index in [0.29, 0.717) is 24.5 Å². The van der Waals surface area contributed by atoms with Gasteiger partial charge in [-0.05, 0) is 49.8 Å². The Morgan fingerprint density at radius 2 is 1.74 bits per heavy atom. The summed E-state index contributed by atoms with van der Waals surface area (Å²) < 4.78 is 29.5. The van der Waals surface area contributed by atoms with Crippen molar-refractivity contribution < 1.29 is 13.2 Å². The van der Waals surface area contributed by atoms with Crippen LogP contribution < -0.4 is 10.7 Å². The highest BCUT2D eigenvalue weighted by Crippen LogP contribution is 2.25. The van der Waals surface area contributed by atoms with Crippen LogP contribution in [-0.2, 0) is 17.1 Å². The number of sulfonamides is 1. The molecule has 1 saturated carbocycles. The molecule has 1 amide bonds. The zero-order valence-corrected chi connectivity index (χ0v) is 19.1. The third-order valence-corrected chi connectivity index (χ3v) is 8.62. The number of carbonyl (C=O) groups is 1. The van der Waals surface area contributed by atoms with Crippen LogP contribution in [0.2, 0.25) is 0 Å². The number of amides is 1. The van der Waals surface area contributed by atoms with Gasteiger partial charge in [-0.3, -0.25) is 9.59 Å². The molecule has 0 unspecified atom stereocenters. The Balaban J connectivity index is 1.69. The number of carbonyl (C=O) groups excluding carboxylic acids is 1. The molecule has 0 spiro atoms. The van der Waals surface area contributed by atoms with Crippen molar-refractivity contribution in [1.29, 1.82) is 0 Å². The zero-order valence-electron chi connectivity index (χ0n) is 18.3. The van der Waals surface area contributed by atoms with E-state index >= 15 is 0 Å². The van der Waals surface area contributed by atoms with E-state index in [1.54, 1.807) is 29.9 Å². The van der Waals surface area contributed by atoms with Gasteiger partial charge in [0.05, 0.1) is 10.4 Å². The standard InChI is InChI=1S/C23H31N3O4S/c1-16-10-12-26(13-11-16)31(29,30)18-8-9-21-19(14-18)22(27)20(15-25(21)2)23(28)24-17-6-4-3-5-7-17/h8-9,14-17H,3-7,10-13H2,1-2H3,(H,24,28). The quantitative estimate of drug-likeness (QED) is 0.784. The fourth-order valence-electron chi connectivity index (χ4n) is 4.68.